The summed E-state index contributed by atoms with van der Waals surface area (Å²) in [7, 11) is 0. The molecule has 0 atom stereocenters. The molecule has 0 saturated heterocycles. The third-order valence-corrected chi connectivity index (χ3v) is 4.53. The van der Waals surface area contributed by atoms with Crippen LogP contribution >= 0.6 is 0 Å². The lowest BCUT2D eigenvalue weighted by Crippen LogP contribution is -2.39. The Balaban J connectivity index is 1.87. The number of amides is 1. The molecule has 1 aliphatic rings. The first kappa shape index (κ1) is 13.2. The number of nitrogens with one attached hydrogen (secondary N) is 1. The summed E-state index contributed by atoms with van der Waals surface area (Å²) in [6, 6.07) is 8.42. The van der Waals surface area contributed by atoms with E-state index >= 15 is 0 Å². The van der Waals surface area contributed by atoms with Gasteiger partial charge in [0.05, 0.1) is 6.54 Å². The first-order valence-electron chi connectivity index (χ1n) is 7.61. The van der Waals surface area contributed by atoms with Gasteiger partial charge in [-0.1, -0.05) is 32.0 Å². The van der Waals surface area contributed by atoms with Gasteiger partial charge < -0.3 is 9.88 Å². The summed E-state index contributed by atoms with van der Waals surface area (Å²) >= 11 is 0. The van der Waals surface area contributed by atoms with Gasteiger partial charge in [-0.25, -0.2) is 0 Å². The van der Waals surface area contributed by atoms with Crippen LogP contribution in [0.2, 0.25) is 0 Å². The van der Waals surface area contributed by atoms with E-state index in [4.69, 9.17) is 0 Å². The Kier molecular flexibility index (Phi) is 3.51. The van der Waals surface area contributed by atoms with Gasteiger partial charge in [0.15, 0.2) is 0 Å². The maximum absolute atomic E-state index is 12.5. The van der Waals surface area contributed by atoms with Crippen molar-refractivity contribution in [3.05, 3.63) is 35.5 Å². The van der Waals surface area contributed by atoms with E-state index in [1.54, 1.807) is 0 Å². The molecule has 106 valence electrons. The first-order valence-corrected chi connectivity index (χ1v) is 7.61. The van der Waals surface area contributed by atoms with Crippen LogP contribution in [0.3, 0.4) is 0 Å². The van der Waals surface area contributed by atoms with Crippen LogP contribution in [0.1, 0.15) is 37.9 Å². The van der Waals surface area contributed by atoms with Crippen LogP contribution in [-0.2, 0) is 17.8 Å². The number of nitrogens with zero attached hydrogens (tertiary/aromatic N) is 1. The number of fused-ring (bicyclic) bond motifs is 3. The van der Waals surface area contributed by atoms with Gasteiger partial charge in [-0.15, -0.1) is 0 Å². The molecule has 0 aliphatic carbocycles. The normalized spacial score (nSPS) is 14.8. The van der Waals surface area contributed by atoms with Gasteiger partial charge in [0, 0.05) is 29.1 Å². The van der Waals surface area contributed by atoms with E-state index < -0.39 is 0 Å². The average molecular weight is 270 g/mol. The van der Waals surface area contributed by atoms with Crippen molar-refractivity contribution < 1.29 is 4.79 Å². The summed E-state index contributed by atoms with van der Waals surface area (Å²) in [4.78, 5) is 18.0. The number of carbonyl (C=O) groups is 1. The Labute approximate surface area is 120 Å². The van der Waals surface area contributed by atoms with Crippen molar-refractivity contribution >= 4 is 16.8 Å². The molecule has 0 spiro atoms. The summed E-state index contributed by atoms with van der Waals surface area (Å²) in [5.41, 5.74) is 3.81. The number of H-pyrrole nitrogens is 1. The second-order valence-corrected chi connectivity index (χ2v) is 5.65. The summed E-state index contributed by atoms with van der Waals surface area (Å²) in [6.45, 7) is 5.79. The lowest BCUT2D eigenvalue weighted by molar-refractivity contribution is -0.136. The van der Waals surface area contributed by atoms with E-state index in [0.29, 0.717) is 5.91 Å². The van der Waals surface area contributed by atoms with Crippen molar-refractivity contribution in [2.45, 2.75) is 39.7 Å². The highest BCUT2D eigenvalue weighted by molar-refractivity contribution is 5.86. The van der Waals surface area contributed by atoms with Crippen molar-refractivity contribution in [1.29, 1.82) is 0 Å². The second kappa shape index (κ2) is 5.31. The van der Waals surface area contributed by atoms with Crippen LogP contribution in [0, 0.1) is 5.92 Å². The summed E-state index contributed by atoms with van der Waals surface area (Å²) in [6.07, 6.45) is 2.84. The number of hydrogen-bond donors (Lipinski definition) is 1. The topological polar surface area (TPSA) is 36.1 Å². The Bertz CT molecular complexity index is 625. The van der Waals surface area contributed by atoms with Crippen LogP contribution in [0.25, 0.3) is 10.9 Å². The van der Waals surface area contributed by atoms with Gasteiger partial charge in [0.2, 0.25) is 5.91 Å². The highest BCUT2D eigenvalue weighted by atomic mass is 16.2. The third kappa shape index (κ3) is 2.11. The van der Waals surface area contributed by atoms with E-state index in [-0.39, 0.29) is 5.92 Å². The first-order chi connectivity index (χ1) is 9.74. The molecule has 0 fully saturated rings. The molecule has 1 N–H and O–H groups in total. The Morgan fingerprint density at radius 3 is 2.80 bits per heavy atom. The van der Waals surface area contributed by atoms with Crippen LogP contribution in [0.15, 0.2) is 24.3 Å². The van der Waals surface area contributed by atoms with E-state index in [2.05, 4.69) is 43.1 Å². The zero-order valence-corrected chi connectivity index (χ0v) is 12.3. The van der Waals surface area contributed by atoms with Crippen LogP contribution in [0.5, 0.6) is 0 Å². The summed E-state index contributed by atoms with van der Waals surface area (Å²) < 4.78 is 0. The lowest BCUT2D eigenvalue weighted by Gasteiger charge is -2.30. The highest BCUT2D eigenvalue weighted by Gasteiger charge is 2.27. The Morgan fingerprint density at radius 1 is 1.30 bits per heavy atom. The number of benzene rings is 1. The average Bonchev–Trinajstić information content (AvgIpc) is 2.86. The molecule has 2 heterocycles. The van der Waals surface area contributed by atoms with E-state index in [1.165, 1.54) is 22.2 Å². The number of para-hydroxylation sites is 1. The van der Waals surface area contributed by atoms with Crippen molar-refractivity contribution in [1.82, 2.24) is 9.88 Å². The lowest BCUT2D eigenvalue weighted by atomic mass is 9.98. The fraction of sp³-hybridized carbons (Fsp3) is 0.471. The maximum atomic E-state index is 12.5. The molecule has 1 amide bonds. The van der Waals surface area contributed by atoms with E-state index in [9.17, 15) is 4.79 Å². The molecular weight excluding hydrogens is 248 g/mol. The predicted molar refractivity (Wildman–Crippen MR) is 81.5 cm³/mol. The minimum absolute atomic E-state index is 0.181. The van der Waals surface area contributed by atoms with Crippen molar-refractivity contribution in [2.75, 3.05) is 6.54 Å². The molecule has 1 aliphatic heterocycles. The number of carbonyl (C=O) groups excluding carboxylic acids is 1. The zero-order valence-electron chi connectivity index (χ0n) is 12.3. The fourth-order valence-electron chi connectivity index (χ4n) is 3.28. The fourth-order valence-corrected chi connectivity index (χ4v) is 3.28. The number of aromatic nitrogens is 1. The molecule has 0 radical (unpaired) electrons. The van der Waals surface area contributed by atoms with Crippen LogP contribution in [0.4, 0.5) is 0 Å². The number of aromatic amines is 1. The Morgan fingerprint density at radius 2 is 2.05 bits per heavy atom. The van der Waals surface area contributed by atoms with Gasteiger partial charge in [-0.2, -0.15) is 0 Å². The standard InChI is InChI=1S/C17H22N2O/c1-3-12(4-2)17(20)19-10-9-14-13-7-5-6-8-15(13)18-16(14)11-19/h5-8,12,18H,3-4,9-11H2,1-2H3. The van der Waals surface area contributed by atoms with Crippen LogP contribution in [-0.4, -0.2) is 22.3 Å². The predicted octanol–water partition coefficient (Wildman–Crippen LogP) is 3.49. The van der Waals surface area contributed by atoms with Gasteiger partial charge in [0.1, 0.15) is 0 Å². The zero-order chi connectivity index (χ0) is 14.1. The number of rotatable bonds is 3. The van der Waals surface area contributed by atoms with Crippen molar-refractivity contribution in [3.8, 4) is 0 Å². The third-order valence-electron chi connectivity index (χ3n) is 4.53. The van der Waals surface area contributed by atoms with E-state index in [1.807, 2.05) is 4.90 Å². The monoisotopic (exact) mass is 270 g/mol. The molecule has 0 unspecified atom stereocenters. The summed E-state index contributed by atoms with van der Waals surface area (Å²) in [5.74, 6) is 0.500. The minimum Gasteiger partial charge on any atom is -0.357 e. The molecule has 1 aromatic heterocycles. The quantitative estimate of drug-likeness (QED) is 0.910. The van der Waals surface area contributed by atoms with Crippen molar-refractivity contribution in [2.24, 2.45) is 5.92 Å². The number of hydrogen-bond acceptors (Lipinski definition) is 1. The SMILES string of the molecule is CCC(CC)C(=O)N1CCc2c([nH]c3ccccc23)C1. The van der Waals surface area contributed by atoms with Crippen LogP contribution < -0.4 is 0 Å². The van der Waals surface area contributed by atoms with Gasteiger partial charge >= 0.3 is 0 Å². The maximum Gasteiger partial charge on any atom is 0.226 e. The molecule has 2 aromatic rings. The molecule has 3 nitrogen and oxygen atoms in total. The molecule has 20 heavy (non-hydrogen) atoms. The van der Waals surface area contributed by atoms with Gasteiger partial charge in [-0.3, -0.25) is 4.79 Å². The molecule has 3 rings (SSSR count). The molecule has 1 aromatic carbocycles. The largest absolute Gasteiger partial charge is 0.357 e. The molecule has 0 saturated carbocycles. The smallest absolute Gasteiger partial charge is 0.226 e. The molecule has 3 heteroatoms. The second-order valence-electron chi connectivity index (χ2n) is 5.65. The minimum atomic E-state index is 0.181. The Hall–Kier alpha value is -1.77. The molecular formula is C17H22N2O. The van der Waals surface area contributed by atoms with Crippen molar-refractivity contribution in [3.63, 3.8) is 0 Å². The summed E-state index contributed by atoms with van der Waals surface area (Å²) in [5, 5.41) is 1.32. The van der Waals surface area contributed by atoms with Gasteiger partial charge in [-0.05, 0) is 30.9 Å². The highest BCUT2D eigenvalue weighted by Crippen LogP contribution is 2.28. The van der Waals surface area contributed by atoms with Gasteiger partial charge in [0.25, 0.3) is 0 Å². The molecule has 0 bridgehead atoms. The van der Waals surface area contributed by atoms with E-state index in [0.717, 1.165) is 32.4 Å².